The molecule has 5 heteroatoms. The van der Waals surface area contributed by atoms with Gasteiger partial charge in [-0.05, 0) is 35.4 Å². The lowest BCUT2D eigenvalue weighted by Crippen LogP contribution is -2.07. The summed E-state index contributed by atoms with van der Waals surface area (Å²) < 4.78 is 4.72. The molecule has 0 fully saturated rings. The average Bonchev–Trinajstić information content (AvgIpc) is 2.64. The molecule has 0 aliphatic rings. The van der Waals surface area contributed by atoms with E-state index in [1.54, 1.807) is 6.08 Å². The molecule has 118 valence electrons. The number of azide groups is 1. The average molecular weight is 317 g/mol. The summed E-state index contributed by atoms with van der Waals surface area (Å²) in [7, 11) is 1.29. The van der Waals surface area contributed by atoms with Crippen molar-refractivity contribution < 1.29 is 9.53 Å². The van der Waals surface area contributed by atoms with Crippen molar-refractivity contribution in [3.05, 3.63) is 87.3 Å². The topological polar surface area (TPSA) is 75.1 Å². The maximum atomic E-state index is 11.8. The molecule has 2 aromatic carbocycles. The van der Waals surface area contributed by atoms with Crippen LogP contribution < -0.4 is 0 Å². The van der Waals surface area contributed by atoms with Gasteiger partial charge >= 0.3 is 5.97 Å². The molecule has 0 N–H and O–H groups in total. The fraction of sp³-hybridized carbons (Fsp3) is 0.105. The van der Waals surface area contributed by atoms with Gasteiger partial charge in [0, 0.05) is 21.6 Å². The van der Waals surface area contributed by atoms with Gasteiger partial charge in [-0.3, -0.25) is 0 Å². The van der Waals surface area contributed by atoms with Gasteiger partial charge in [-0.1, -0.05) is 53.4 Å². The molecule has 0 unspecified atom stereocenters. The number of carbonyl (C=O) groups excluding carboxylic acids is 1. The molecule has 0 atom stereocenters. The fourth-order valence-electron chi connectivity index (χ4n) is 1.99. The van der Waals surface area contributed by atoms with E-state index in [1.165, 1.54) is 7.11 Å². The lowest BCUT2D eigenvalue weighted by atomic mass is 10.0. The molecule has 0 aromatic heterocycles. The Balaban J connectivity index is 2.40. The minimum absolute atomic E-state index is 0.0797. The van der Waals surface area contributed by atoms with Gasteiger partial charge in [-0.25, -0.2) is 4.79 Å². The summed E-state index contributed by atoms with van der Waals surface area (Å²) in [5, 5.41) is 3.44. The predicted octanol–water partition coefficient (Wildman–Crippen LogP) is 3.95. The highest BCUT2D eigenvalue weighted by Crippen LogP contribution is 2.14. The first kappa shape index (κ1) is 16.9. The Hall–Kier alpha value is -3.48. The minimum atomic E-state index is -0.534. The molecular weight excluding hydrogens is 302 g/mol. The van der Waals surface area contributed by atoms with E-state index in [0.717, 1.165) is 16.7 Å². The molecule has 0 radical (unpaired) electrons. The van der Waals surface area contributed by atoms with Gasteiger partial charge in [0.2, 0.25) is 0 Å². The summed E-state index contributed by atoms with van der Waals surface area (Å²) in [6.07, 6.45) is 1.63. The van der Waals surface area contributed by atoms with E-state index >= 15 is 0 Å². The van der Waals surface area contributed by atoms with Crippen LogP contribution in [-0.4, -0.2) is 19.6 Å². The van der Waals surface area contributed by atoms with Crippen LogP contribution in [0.1, 0.15) is 16.7 Å². The Morgan fingerprint density at radius 2 is 1.88 bits per heavy atom. The van der Waals surface area contributed by atoms with E-state index in [4.69, 9.17) is 10.3 Å². The zero-order valence-electron chi connectivity index (χ0n) is 13.1. The van der Waals surface area contributed by atoms with E-state index in [-0.39, 0.29) is 12.1 Å². The normalized spacial score (nSPS) is 10.1. The molecule has 0 aliphatic carbocycles. The smallest absolute Gasteiger partial charge is 0.333 e. The summed E-state index contributed by atoms with van der Waals surface area (Å²) in [5.41, 5.74) is 11.2. The lowest BCUT2D eigenvalue weighted by Gasteiger charge is -2.04. The first-order valence-corrected chi connectivity index (χ1v) is 7.20. The number of methoxy groups -OCH3 is 1. The number of carbonyl (C=O) groups is 1. The van der Waals surface area contributed by atoms with E-state index in [0.29, 0.717) is 0 Å². The third kappa shape index (κ3) is 4.77. The Morgan fingerprint density at radius 3 is 2.58 bits per heavy atom. The third-order valence-corrected chi connectivity index (χ3v) is 3.16. The molecular formula is C19H15N3O2. The van der Waals surface area contributed by atoms with Gasteiger partial charge in [-0.2, -0.15) is 0 Å². The molecule has 24 heavy (non-hydrogen) atoms. The number of hydrogen-bond donors (Lipinski definition) is 0. The van der Waals surface area contributed by atoms with Gasteiger partial charge in [-0.15, -0.1) is 0 Å². The highest BCUT2D eigenvalue weighted by Gasteiger charge is 2.09. The first-order valence-electron chi connectivity index (χ1n) is 7.20. The molecule has 0 heterocycles. The van der Waals surface area contributed by atoms with Crippen LogP contribution in [0.15, 0.2) is 65.3 Å². The van der Waals surface area contributed by atoms with Crippen LogP contribution in [0.2, 0.25) is 0 Å². The van der Waals surface area contributed by atoms with E-state index in [1.807, 2.05) is 54.6 Å². The van der Waals surface area contributed by atoms with Gasteiger partial charge in [0.05, 0.1) is 13.7 Å². The van der Waals surface area contributed by atoms with Crippen LogP contribution in [0, 0.1) is 11.8 Å². The number of rotatable bonds is 4. The van der Waals surface area contributed by atoms with Crippen LogP contribution in [0.5, 0.6) is 0 Å². The van der Waals surface area contributed by atoms with Crippen LogP contribution in [0.25, 0.3) is 16.5 Å². The standard InChI is InChI=1S/C19H15N3O2/c1-24-19(23)18(14-21-22-20)13-17-10-6-5-9-16(17)12-11-15-7-3-2-4-8-15/h2-10,13H,14H2,1H3/b18-13+. The van der Waals surface area contributed by atoms with Crippen molar-refractivity contribution >= 4 is 12.0 Å². The van der Waals surface area contributed by atoms with Gasteiger partial charge < -0.3 is 4.74 Å². The number of ether oxygens (including phenoxy) is 1. The van der Waals surface area contributed by atoms with E-state index < -0.39 is 5.97 Å². The summed E-state index contributed by atoms with van der Waals surface area (Å²) in [4.78, 5) is 14.5. The van der Waals surface area contributed by atoms with E-state index in [9.17, 15) is 4.79 Å². The Labute approximate surface area is 140 Å². The van der Waals surface area contributed by atoms with Gasteiger partial charge in [0.25, 0.3) is 0 Å². The Morgan fingerprint density at radius 1 is 1.17 bits per heavy atom. The summed E-state index contributed by atoms with van der Waals surface area (Å²) in [6, 6.07) is 17.0. The number of hydrogen-bond acceptors (Lipinski definition) is 3. The molecule has 2 rings (SSSR count). The SMILES string of the molecule is COC(=O)/C(=C/c1ccccc1C#Cc1ccccc1)CN=[N+]=[N-]. The molecule has 0 amide bonds. The van der Waals surface area contributed by atoms with Crippen molar-refractivity contribution in [3.63, 3.8) is 0 Å². The molecule has 0 saturated carbocycles. The van der Waals surface area contributed by atoms with Crippen molar-refractivity contribution in [2.24, 2.45) is 5.11 Å². The molecule has 2 aromatic rings. The van der Waals surface area contributed by atoms with Crippen LogP contribution in [0.3, 0.4) is 0 Å². The van der Waals surface area contributed by atoms with Crippen molar-refractivity contribution in [1.29, 1.82) is 0 Å². The van der Waals surface area contributed by atoms with E-state index in [2.05, 4.69) is 21.9 Å². The Bertz CT molecular complexity index is 855. The molecule has 5 nitrogen and oxygen atoms in total. The maximum Gasteiger partial charge on any atom is 0.333 e. The third-order valence-electron chi connectivity index (χ3n) is 3.16. The fourth-order valence-corrected chi connectivity index (χ4v) is 1.99. The second-order valence-corrected chi connectivity index (χ2v) is 4.75. The maximum absolute atomic E-state index is 11.8. The lowest BCUT2D eigenvalue weighted by molar-refractivity contribution is -0.136. The quantitative estimate of drug-likeness (QED) is 0.214. The monoisotopic (exact) mass is 317 g/mol. The first-order chi connectivity index (χ1) is 11.7. The molecule has 0 aliphatic heterocycles. The Kier molecular flexibility index (Phi) is 6.22. The molecule has 0 bridgehead atoms. The van der Waals surface area contributed by atoms with Gasteiger partial charge in [0.1, 0.15) is 0 Å². The highest BCUT2D eigenvalue weighted by molar-refractivity contribution is 5.94. The van der Waals surface area contributed by atoms with Crippen molar-refractivity contribution in [2.45, 2.75) is 0 Å². The minimum Gasteiger partial charge on any atom is -0.466 e. The van der Waals surface area contributed by atoms with Crippen molar-refractivity contribution in [3.8, 4) is 11.8 Å². The number of esters is 1. The second kappa shape index (κ2) is 8.84. The highest BCUT2D eigenvalue weighted by atomic mass is 16.5. The zero-order chi connectivity index (χ0) is 17.2. The van der Waals surface area contributed by atoms with Crippen LogP contribution in [-0.2, 0) is 9.53 Å². The van der Waals surface area contributed by atoms with Gasteiger partial charge in [0.15, 0.2) is 0 Å². The van der Waals surface area contributed by atoms with Crippen LogP contribution in [0.4, 0.5) is 0 Å². The number of nitrogens with zero attached hydrogens (tertiary/aromatic N) is 3. The largest absolute Gasteiger partial charge is 0.466 e. The number of benzene rings is 2. The molecule has 0 spiro atoms. The van der Waals surface area contributed by atoms with Crippen molar-refractivity contribution in [2.75, 3.05) is 13.7 Å². The second-order valence-electron chi connectivity index (χ2n) is 4.75. The van der Waals surface area contributed by atoms with Crippen LogP contribution >= 0.6 is 0 Å². The zero-order valence-corrected chi connectivity index (χ0v) is 13.1. The summed E-state index contributed by atoms with van der Waals surface area (Å²) in [5.74, 6) is 5.65. The summed E-state index contributed by atoms with van der Waals surface area (Å²) in [6.45, 7) is -0.0797. The molecule has 0 saturated heterocycles. The predicted molar refractivity (Wildman–Crippen MR) is 92.9 cm³/mol. The van der Waals surface area contributed by atoms with Crippen molar-refractivity contribution in [1.82, 2.24) is 0 Å². The summed E-state index contributed by atoms with van der Waals surface area (Å²) >= 11 is 0.